The fourth-order valence-corrected chi connectivity index (χ4v) is 2.19. The summed E-state index contributed by atoms with van der Waals surface area (Å²) in [7, 11) is 0. The van der Waals surface area contributed by atoms with Crippen LogP contribution >= 0.6 is 0 Å². The van der Waals surface area contributed by atoms with Crippen LogP contribution in [-0.2, 0) is 9.53 Å². The second-order valence-corrected chi connectivity index (χ2v) is 6.76. The van der Waals surface area contributed by atoms with Crippen LogP contribution in [0, 0.1) is 10.8 Å². The van der Waals surface area contributed by atoms with Gasteiger partial charge in [0.15, 0.2) is 0 Å². The summed E-state index contributed by atoms with van der Waals surface area (Å²) < 4.78 is 5.57. The van der Waals surface area contributed by atoms with Crippen LogP contribution in [-0.4, -0.2) is 24.7 Å². The summed E-state index contributed by atoms with van der Waals surface area (Å²) in [6.07, 6.45) is 0.866. The van der Waals surface area contributed by atoms with E-state index >= 15 is 0 Å². The van der Waals surface area contributed by atoms with Gasteiger partial charge in [0.1, 0.15) is 5.60 Å². The Kier molecular flexibility index (Phi) is 3.39. The van der Waals surface area contributed by atoms with Crippen molar-refractivity contribution in [1.82, 2.24) is 5.32 Å². The summed E-state index contributed by atoms with van der Waals surface area (Å²) in [6, 6.07) is 0. The van der Waals surface area contributed by atoms with Crippen molar-refractivity contribution in [1.29, 1.82) is 0 Å². The number of carbonyl (C=O) groups is 1. The van der Waals surface area contributed by atoms with Gasteiger partial charge in [-0.1, -0.05) is 20.8 Å². The number of hydrogen-bond donors (Lipinski definition) is 1. The minimum atomic E-state index is -0.405. The molecule has 1 aliphatic heterocycles. The van der Waals surface area contributed by atoms with Gasteiger partial charge in [0.25, 0.3) is 0 Å². The first kappa shape index (κ1) is 13.5. The van der Waals surface area contributed by atoms with E-state index in [0.717, 1.165) is 19.5 Å². The fourth-order valence-electron chi connectivity index (χ4n) is 2.19. The first-order valence-electron chi connectivity index (χ1n) is 6.03. The van der Waals surface area contributed by atoms with E-state index in [9.17, 15) is 4.79 Å². The van der Waals surface area contributed by atoms with Gasteiger partial charge in [0.2, 0.25) is 0 Å². The Hall–Kier alpha value is -0.570. The smallest absolute Gasteiger partial charge is 0.314 e. The Labute approximate surface area is 98.9 Å². The van der Waals surface area contributed by atoms with Gasteiger partial charge in [-0.2, -0.15) is 0 Å². The molecule has 0 radical (unpaired) electrons. The lowest BCUT2D eigenvalue weighted by Gasteiger charge is -2.40. The van der Waals surface area contributed by atoms with E-state index in [2.05, 4.69) is 26.1 Å². The number of rotatable bonds is 1. The molecule has 0 amide bonds. The SMILES string of the molecule is CC(C)(C)OC(=O)C1(C(C)(C)C)CCNC1. The van der Waals surface area contributed by atoms with Crippen LogP contribution in [0.15, 0.2) is 0 Å². The molecule has 0 bridgehead atoms. The predicted octanol–water partition coefficient (Wildman–Crippen LogP) is 2.35. The molecule has 1 rings (SSSR count). The maximum atomic E-state index is 12.4. The molecule has 1 unspecified atom stereocenters. The third-order valence-electron chi connectivity index (χ3n) is 3.38. The van der Waals surface area contributed by atoms with Crippen LogP contribution in [0.5, 0.6) is 0 Å². The summed E-state index contributed by atoms with van der Waals surface area (Å²) in [4.78, 5) is 12.4. The van der Waals surface area contributed by atoms with Crippen LogP contribution in [0.3, 0.4) is 0 Å². The zero-order chi connectivity index (χ0) is 12.6. The molecule has 3 heteroatoms. The highest BCUT2D eigenvalue weighted by atomic mass is 16.6. The maximum absolute atomic E-state index is 12.4. The van der Waals surface area contributed by atoms with Gasteiger partial charge in [0.05, 0.1) is 5.41 Å². The van der Waals surface area contributed by atoms with Gasteiger partial charge in [-0.25, -0.2) is 0 Å². The molecule has 0 aromatic carbocycles. The van der Waals surface area contributed by atoms with E-state index in [4.69, 9.17) is 4.74 Å². The first-order chi connectivity index (χ1) is 7.08. The molecule has 0 saturated carbocycles. The number of esters is 1. The van der Waals surface area contributed by atoms with Gasteiger partial charge >= 0.3 is 5.97 Å². The second-order valence-electron chi connectivity index (χ2n) is 6.76. The zero-order valence-corrected chi connectivity index (χ0v) is 11.4. The van der Waals surface area contributed by atoms with Crippen LogP contribution in [0.2, 0.25) is 0 Å². The van der Waals surface area contributed by atoms with E-state index in [0.29, 0.717) is 0 Å². The Morgan fingerprint density at radius 3 is 2.06 bits per heavy atom. The molecule has 1 saturated heterocycles. The standard InChI is InChI=1S/C13H25NO2/c1-11(2,3)13(7-8-14-9-13)10(15)16-12(4,5)6/h14H,7-9H2,1-6H3. The van der Waals surface area contributed by atoms with Crippen molar-refractivity contribution in [3.8, 4) is 0 Å². The van der Waals surface area contributed by atoms with Crippen molar-refractivity contribution in [2.45, 2.75) is 53.6 Å². The lowest BCUT2D eigenvalue weighted by atomic mass is 9.66. The Balaban J connectivity index is 2.91. The molecule has 0 aromatic rings. The van der Waals surface area contributed by atoms with Gasteiger partial charge in [-0.05, 0) is 39.2 Å². The summed E-state index contributed by atoms with van der Waals surface area (Å²) >= 11 is 0. The number of carbonyl (C=O) groups excluding carboxylic acids is 1. The minimum absolute atomic E-state index is 0.0579. The van der Waals surface area contributed by atoms with Crippen LogP contribution in [0.25, 0.3) is 0 Å². The molecular formula is C13H25NO2. The van der Waals surface area contributed by atoms with Crippen LogP contribution in [0.1, 0.15) is 48.0 Å². The van der Waals surface area contributed by atoms with E-state index < -0.39 is 5.60 Å². The average Bonchev–Trinajstić information content (AvgIpc) is 2.46. The highest BCUT2D eigenvalue weighted by Gasteiger charge is 2.52. The predicted molar refractivity (Wildman–Crippen MR) is 65.2 cm³/mol. The summed E-state index contributed by atoms with van der Waals surface area (Å²) in [6.45, 7) is 13.7. The van der Waals surface area contributed by atoms with Gasteiger partial charge < -0.3 is 10.1 Å². The fraction of sp³-hybridized carbons (Fsp3) is 0.923. The maximum Gasteiger partial charge on any atom is 0.314 e. The molecule has 0 aliphatic carbocycles. The molecular weight excluding hydrogens is 202 g/mol. The van der Waals surface area contributed by atoms with Crippen molar-refractivity contribution in [2.75, 3.05) is 13.1 Å². The van der Waals surface area contributed by atoms with Crippen molar-refractivity contribution in [3.05, 3.63) is 0 Å². The van der Waals surface area contributed by atoms with Gasteiger partial charge in [0, 0.05) is 6.54 Å². The van der Waals surface area contributed by atoms with Gasteiger partial charge in [-0.15, -0.1) is 0 Å². The van der Waals surface area contributed by atoms with Crippen molar-refractivity contribution >= 4 is 5.97 Å². The minimum Gasteiger partial charge on any atom is -0.459 e. The quantitative estimate of drug-likeness (QED) is 0.699. The van der Waals surface area contributed by atoms with Crippen LogP contribution in [0.4, 0.5) is 0 Å². The molecule has 1 atom stereocenters. The zero-order valence-electron chi connectivity index (χ0n) is 11.4. The van der Waals surface area contributed by atoms with E-state index in [1.54, 1.807) is 0 Å². The van der Waals surface area contributed by atoms with E-state index in [1.807, 2.05) is 20.8 Å². The summed E-state index contributed by atoms with van der Waals surface area (Å²) in [5.41, 5.74) is -0.850. The largest absolute Gasteiger partial charge is 0.459 e. The van der Waals surface area contributed by atoms with E-state index in [1.165, 1.54) is 0 Å². The Bertz CT molecular complexity index is 265. The second kappa shape index (κ2) is 4.02. The Morgan fingerprint density at radius 2 is 1.75 bits per heavy atom. The molecule has 3 nitrogen and oxygen atoms in total. The molecule has 16 heavy (non-hydrogen) atoms. The van der Waals surface area contributed by atoms with Crippen molar-refractivity contribution in [2.24, 2.45) is 10.8 Å². The molecule has 1 aliphatic rings. The highest BCUT2D eigenvalue weighted by molar-refractivity contribution is 5.79. The van der Waals surface area contributed by atoms with Crippen LogP contribution < -0.4 is 5.32 Å². The third-order valence-corrected chi connectivity index (χ3v) is 3.38. The highest BCUT2D eigenvalue weighted by Crippen LogP contribution is 2.45. The number of ether oxygens (including phenoxy) is 1. The summed E-state index contributed by atoms with van der Waals surface area (Å²) in [5.74, 6) is -0.0579. The Morgan fingerprint density at radius 1 is 1.19 bits per heavy atom. The lowest BCUT2D eigenvalue weighted by molar-refractivity contribution is -0.173. The molecule has 1 N–H and O–H groups in total. The third kappa shape index (κ3) is 2.57. The number of nitrogens with one attached hydrogen (secondary N) is 1. The van der Waals surface area contributed by atoms with Gasteiger partial charge in [-0.3, -0.25) is 4.79 Å². The monoisotopic (exact) mass is 227 g/mol. The normalized spacial score (nSPS) is 26.9. The van der Waals surface area contributed by atoms with E-state index in [-0.39, 0.29) is 16.8 Å². The average molecular weight is 227 g/mol. The topological polar surface area (TPSA) is 38.3 Å². The van der Waals surface area contributed by atoms with Crippen molar-refractivity contribution < 1.29 is 9.53 Å². The molecule has 0 spiro atoms. The molecule has 94 valence electrons. The summed E-state index contributed by atoms with van der Waals surface area (Å²) in [5, 5.41) is 3.29. The lowest BCUT2D eigenvalue weighted by Crippen LogP contribution is -2.47. The molecule has 1 fully saturated rings. The molecule has 1 heterocycles. The number of hydrogen-bond acceptors (Lipinski definition) is 3. The van der Waals surface area contributed by atoms with Crippen molar-refractivity contribution in [3.63, 3.8) is 0 Å². The molecule has 0 aromatic heterocycles. The first-order valence-corrected chi connectivity index (χ1v) is 6.03.